The molecule has 0 aliphatic rings. The van der Waals surface area contributed by atoms with E-state index < -0.39 is 5.97 Å². The number of carbonyl (C=O) groups is 1. The first kappa shape index (κ1) is 13.3. The molecule has 0 heterocycles. The second kappa shape index (κ2) is 7.49. The second-order valence-corrected chi connectivity index (χ2v) is 3.74. The first-order valence-electron chi connectivity index (χ1n) is 5.80. The molecular formula is C14H18O3. The molecule has 0 amide bonds. The normalized spacial score (nSPS) is 10.6. The predicted octanol–water partition coefficient (Wildman–Crippen LogP) is 3.35. The van der Waals surface area contributed by atoms with E-state index >= 15 is 0 Å². The van der Waals surface area contributed by atoms with Gasteiger partial charge in [-0.2, -0.15) is 0 Å². The molecule has 0 saturated heterocycles. The fourth-order valence-electron chi connectivity index (χ4n) is 1.49. The van der Waals surface area contributed by atoms with Gasteiger partial charge in [0.1, 0.15) is 5.75 Å². The first-order valence-corrected chi connectivity index (χ1v) is 5.80. The van der Waals surface area contributed by atoms with Crippen molar-refractivity contribution in [3.05, 3.63) is 35.9 Å². The van der Waals surface area contributed by atoms with Crippen LogP contribution < -0.4 is 4.74 Å². The molecule has 0 saturated carbocycles. The van der Waals surface area contributed by atoms with E-state index in [2.05, 4.69) is 0 Å². The Hall–Kier alpha value is -1.77. The molecule has 0 aliphatic carbocycles. The largest absolute Gasteiger partial charge is 0.493 e. The SMILES string of the molecule is C/C=C/c1ccccc1OCCCCC(=O)O. The maximum atomic E-state index is 10.3. The number of carboxylic acid groups (broad SMARTS) is 1. The Bertz CT molecular complexity index is 383. The average molecular weight is 234 g/mol. The Morgan fingerprint density at radius 3 is 2.82 bits per heavy atom. The fraction of sp³-hybridized carbons (Fsp3) is 0.357. The highest BCUT2D eigenvalue weighted by atomic mass is 16.5. The molecule has 0 fully saturated rings. The van der Waals surface area contributed by atoms with Crippen molar-refractivity contribution in [1.29, 1.82) is 0 Å². The quantitative estimate of drug-likeness (QED) is 0.736. The van der Waals surface area contributed by atoms with Crippen LogP contribution in [0.15, 0.2) is 30.3 Å². The number of allylic oxidation sites excluding steroid dienone is 1. The lowest BCUT2D eigenvalue weighted by atomic mass is 10.2. The van der Waals surface area contributed by atoms with E-state index in [1.54, 1.807) is 0 Å². The van der Waals surface area contributed by atoms with Gasteiger partial charge in [-0.3, -0.25) is 4.79 Å². The smallest absolute Gasteiger partial charge is 0.303 e. The van der Waals surface area contributed by atoms with Crippen molar-refractivity contribution in [2.24, 2.45) is 0 Å². The monoisotopic (exact) mass is 234 g/mol. The van der Waals surface area contributed by atoms with E-state index in [0.717, 1.165) is 17.7 Å². The summed E-state index contributed by atoms with van der Waals surface area (Å²) in [6.45, 7) is 2.52. The van der Waals surface area contributed by atoms with Crippen LogP contribution in [0.5, 0.6) is 5.75 Å². The number of unbranched alkanes of at least 4 members (excludes halogenated alkanes) is 1. The highest BCUT2D eigenvalue weighted by molar-refractivity contribution is 5.66. The zero-order valence-electron chi connectivity index (χ0n) is 10.1. The number of rotatable bonds is 7. The minimum absolute atomic E-state index is 0.208. The molecule has 17 heavy (non-hydrogen) atoms. The standard InChI is InChI=1S/C14H18O3/c1-2-7-12-8-3-4-9-13(12)17-11-6-5-10-14(15)16/h2-4,7-9H,5-6,10-11H2,1H3,(H,15,16)/b7-2+. The fourth-order valence-corrected chi connectivity index (χ4v) is 1.49. The van der Waals surface area contributed by atoms with Gasteiger partial charge in [0.25, 0.3) is 0 Å². The minimum atomic E-state index is -0.751. The van der Waals surface area contributed by atoms with Crippen LogP contribution in [-0.4, -0.2) is 17.7 Å². The summed E-state index contributed by atoms with van der Waals surface area (Å²) in [5, 5.41) is 8.49. The van der Waals surface area contributed by atoms with Crippen LogP contribution in [0.4, 0.5) is 0 Å². The van der Waals surface area contributed by atoms with Crippen molar-refractivity contribution in [3.63, 3.8) is 0 Å². The van der Waals surface area contributed by atoms with Crippen LogP contribution in [0.1, 0.15) is 31.7 Å². The summed E-state index contributed by atoms with van der Waals surface area (Å²) in [5.41, 5.74) is 1.05. The zero-order chi connectivity index (χ0) is 12.5. The number of hydrogen-bond acceptors (Lipinski definition) is 2. The molecule has 0 spiro atoms. The summed E-state index contributed by atoms with van der Waals surface area (Å²) in [6, 6.07) is 7.81. The van der Waals surface area contributed by atoms with Gasteiger partial charge in [0.05, 0.1) is 6.61 Å². The van der Waals surface area contributed by atoms with E-state index in [4.69, 9.17) is 9.84 Å². The van der Waals surface area contributed by atoms with Crippen LogP contribution in [0.2, 0.25) is 0 Å². The third-order valence-corrected chi connectivity index (χ3v) is 2.31. The number of para-hydroxylation sites is 1. The third-order valence-electron chi connectivity index (χ3n) is 2.31. The number of ether oxygens (including phenoxy) is 1. The van der Waals surface area contributed by atoms with E-state index in [-0.39, 0.29) is 6.42 Å². The van der Waals surface area contributed by atoms with E-state index in [0.29, 0.717) is 13.0 Å². The topological polar surface area (TPSA) is 46.5 Å². The molecule has 1 rings (SSSR count). The van der Waals surface area contributed by atoms with E-state index in [1.165, 1.54) is 0 Å². The number of hydrogen-bond donors (Lipinski definition) is 1. The van der Waals surface area contributed by atoms with Gasteiger partial charge in [-0.05, 0) is 25.8 Å². The van der Waals surface area contributed by atoms with E-state index in [1.807, 2.05) is 43.3 Å². The van der Waals surface area contributed by atoms with Crippen LogP contribution in [-0.2, 0) is 4.79 Å². The minimum Gasteiger partial charge on any atom is -0.493 e. The van der Waals surface area contributed by atoms with Gasteiger partial charge < -0.3 is 9.84 Å². The van der Waals surface area contributed by atoms with Crippen LogP contribution >= 0.6 is 0 Å². The van der Waals surface area contributed by atoms with Crippen molar-refractivity contribution >= 4 is 12.0 Å². The molecule has 1 aromatic rings. The summed E-state index contributed by atoms with van der Waals surface area (Å²) in [5.74, 6) is 0.0974. The Morgan fingerprint density at radius 1 is 1.35 bits per heavy atom. The van der Waals surface area contributed by atoms with Crippen LogP contribution in [0.3, 0.4) is 0 Å². The average Bonchev–Trinajstić information content (AvgIpc) is 2.31. The van der Waals surface area contributed by atoms with Gasteiger partial charge >= 0.3 is 5.97 Å². The molecule has 3 heteroatoms. The highest BCUT2D eigenvalue weighted by Crippen LogP contribution is 2.19. The molecule has 0 bridgehead atoms. The third kappa shape index (κ3) is 5.20. The summed E-state index contributed by atoms with van der Waals surface area (Å²) < 4.78 is 5.63. The second-order valence-electron chi connectivity index (χ2n) is 3.74. The van der Waals surface area contributed by atoms with E-state index in [9.17, 15) is 4.79 Å². The van der Waals surface area contributed by atoms with Crippen molar-refractivity contribution in [2.45, 2.75) is 26.2 Å². The lowest BCUT2D eigenvalue weighted by Crippen LogP contribution is -2.01. The van der Waals surface area contributed by atoms with Gasteiger partial charge in [-0.15, -0.1) is 0 Å². The first-order chi connectivity index (χ1) is 8.24. The lowest BCUT2D eigenvalue weighted by molar-refractivity contribution is -0.137. The molecule has 3 nitrogen and oxygen atoms in total. The molecular weight excluding hydrogens is 216 g/mol. The molecule has 1 aromatic carbocycles. The summed E-state index contributed by atoms with van der Waals surface area (Å²) >= 11 is 0. The summed E-state index contributed by atoms with van der Waals surface area (Å²) in [6.07, 6.45) is 5.58. The lowest BCUT2D eigenvalue weighted by Gasteiger charge is -2.08. The van der Waals surface area contributed by atoms with Gasteiger partial charge in [0.15, 0.2) is 0 Å². The number of benzene rings is 1. The van der Waals surface area contributed by atoms with Gasteiger partial charge in [-0.25, -0.2) is 0 Å². The number of carboxylic acids is 1. The maximum Gasteiger partial charge on any atom is 0.303 e. The zero-order valence-corrected chi connectivity index (χ0v) is 10.1. The summed E-state index contributed by atoms with van der Waals surface area (Å²) in [4.78, 5) is 10.3. The molecule has 0 aliphatic heterocycles. The Balaban J connectivity index is 2.38. The molecule has 0 unspecified atom stereocenters. The van der Waals surface area contributed by atoms with Gasteiger partial charge in [-0.1, -0.05) is 30.4 Å². The maximum absolute atomic E-state index is 10.3. The van der Waals surface area contributed by atoms with Crippen molar-refractivity contribution in [3.8, 4) is 5.75 Å². The molecule has 1 N–H and O–H groups in total. The van der Waals surface area contributed by atoms with Crippen LogP contribution in [0.25, 0.3) is 6.08 Å². The predicted molar refractivity (Wildman–Crippen MR) is 68.1 cm³/mol. The van der Waals surface area contributed by atoms with Gasteiger partial charge in [0, 0.05) is 12.0 Å². The van der Waals surface area contributed by atoms with Crippen molar-refractivity contribution < 1.29 is 14.6 Å². The Morgan fingerprint density at radius 2 is 2.12 bits per heavy atom. The molecule has 92 valence electrons. The molecule has 0 radical (unpaired) electrons. The van der Waals surface area contributed by atoms with Crippen molar-refractivity contribution in [2.75, 3.05) is 6.61 Å². The molecule has 0 atom stereocenters. The summed E-state index contributed by atoms with van der Waals surface area (Å²) in [7, 11) is 0. The number of aliphatic carboxylic acids is 1. The molecule has 0 aromatic heterocycles. The van der Waals surface area contributed by atoms with Crippen LogP contribution in [0, 0.1) is 0 Å². The Kier molecular flexibility index (Phi) is 5.86. The van der Waals surface area contributed by atoms with Crippen molar-refractivity contribution in [1.82, 2.24) is 0 Å². The Labute approximate surface area is 102 Å². The highest BCUT2D eigenvalue weighted by Gasteiger charge is 2.00. The van der Waals surface area contributed by atoms with Gasteiger partial charge in [0.2, 0.25) is 0 Å².